The number of aromatic amines is 1. The highest BCUT2D eigenvalue weighted by molar-refractivity contribution is 7.99. The van der Waals surface area contributed by atoms with Crippen molar-refractivity contribution in [1.82, 2.24) is 9.97 Å². The molecule has 0 bridgehead atoms. The second-order valence-corrected chi connectivity index (χ2v) is 6.14. The second-order valence-electron chi connectivity index (χ2n) is 5.13. The number of anilines is 1. The molecule has 3 N–H and O–H groups in total. The van der Waals surface area contributed by atoms with Crippen LogP contribution < -0.4 is 10.9 Å². The number of aromatic nitrogens is 2. The van der Waals surface area contributed by atoms with Gasteiger partial charge in [-0.25, -0.2) is 4.98 Å². The Balaban J connectivity index is 2.08. The van der Waals surface area contributed by atoms with Crippen molar-refractivity contribution < 1.29 is 9.90 Å². The van der Waals surface area contributed by atoms with Crippen LogP contribution in [0, 0.1) is 0 Å². The molecule has 23 heavy (non-hydrogen) atoms. The number of amides is 1. The van der Waals surface area contributed by atoms with E-state index in [0.717, 1.165) is 0 Å². The third-order valence-electron chi connectivity index (χ3n) is 3.54. The number of thioether (sulfide) groups is 1. The topological polar surface area (TPSA) is 95.1 Å². The fourth-order valence-corrected chi connectivity index (χ4v) is 3.18. The largest absolute Gasteiger partial charge is 0.508 e. The molecule has 1 atom stereocenters. The van der Waals surface area contributed by atoms with E-state index in [1.54, 1.807) is 30.3 Å². The molecular weight excluding hydrogens is 314 g/mol. The van der Waals surface area contributed by atoms with E-state index in [1.165, 1.54) is 11.8 Å². The number of carbonyl (C=O) groups is 1. The van der Waals surface area contributed by atoms with Crippen LogP contribution in [0.2, 0.25) is 0 Å². The van der Waals surface area contributed by atoms with Crippen molar-refractivity contribution in [3.8, 4) is 5.75 Å². The molecule has 3 rings (SSSR count). The molecule has 0 spiro atoms. The molecule has 1 aromatic carbocycles. The van der Waals surface area contributed by atoms with Gasteiger partial charge in [0.1, 0.15) is 11.6 Å². The summed E-state index contributed by atoms with van der Waals surface area (Å²) in [6.45, 7) is 3.62. The Labute approximate surface area is 136 Å². The maximum absolute atomic E-state index is 12.5. The fourth-order valence-electron chi connectivity index (χ4n) is 2.58. The number of hydrogen-bond donors (Lipinski definition) is 3. The van der Waals surface area contributed by atoms with E-state index in [4.69, 9.17) is 0 Å². The van der Waals surface area contributed by atoms with Gasteiger partial charge in [0, 0.05) is 18.1 Å². The van der Waals surface area contributed by atoms with E-state index in [9.17, 15) is 14.7 Å². The Kier molecular flexibility index (Phi) is 4.20. The summed E-state index contributed by atoms with van der Waals surface area (Å²) in [4.78, 5) is 31.5. The monoisotopic (exact) mass is 329 g/mol. The number of hydrogen-bond acceptors (Lipinski definition) is 5. The van der Waals surface area contributed by atoms with Crippen molar-refractivity contribution in [2.24, 2.45) is 0 Å². The molecule has 7 heteroatoms. The maximum Gasteiger partial charge on any atom is 0.257 e. The molecule has 0 fully saturated rings. The number of nitrogens with one attached hydrogen (secondary N) is 2. The molecule has 2 heterocycles. The maximum atomic E-state index is 12.5. The smallest absolute Gasteiger partial charge is 0.257 e. The van der Waals surface area contributed by atoms with Gasteiger partial charge in [0.15, 0.2) is 5.16 Å². The molecule has 1 amide bonds. The van der Waals surface area contributed by atoms with Gasteiger partial charge in [-0.15, -0.1) is 6.58 Å². The summed E-state index contributed by atoms with van der Waals surface area (Å²) in [5.41, 5.74) is 0.841. The first kappa shape index (κ1) is 15.4. The lowest BCUT2D eigenvalue weighted by atomic mass is 9.87. The van der Waals surface area contributed by atoms with Crippen LogP contribution >= 0.6 is 11.8 Å². The SMILES string of the molecule is C=CCSc1nc2c(c(=O)[nH]1)C(c1cccc(O)c1)CC(=O)N2. The van der Waals surface area contributed by atoms with Crippen LogP contribution in [0.5, 0.6) is 5.75 Å². The minimum absolute atomic E-state index is 0.0950. The van der Waals surface area contributed by atoms with Gasteiger partial charge in [-0.3, -0.25) is 9.59 Å². The molecule has 0 aliphatic carbocycles. The van der Waals surface area contributed by atoms with Crippen LogP contribution in [0.25, 0.3) is 0 Å². The Morgan fingerprint density at radius 3 is 3.00 bits per heavy atom. The number of nitrogens with zero attached hydrogens (tertiary/aromatic N) is 1. The summed E-state index contributed by atoms with van der Waals surface area (Å²) in [6, 6.07) is 6.58. The first-order valence-electron chi connectivity index (χ1n) is 7.05. The highest BCUT2D eigenvalue weighted by Gasteiger charge is 2.31. The van der Waals surface area contributed by atoms with Gasteiger partial charge in [-0.1, -0.05) is 30.0 Å². The highest BCUT2D eigenvalue weighted by atomic mass is 32.2. The van der Waals surface area contributed by atoms with Crippen LogP contribution in [0.15, 0.2) is 46.9 Å². The van der Waals surface area contributed by atoms with Crippen molar-refractivity contribution in [2.45, 2.75) is 17.5 Å². The quantitative estimate of drug-likeness (QED) is 0.454. The number of aromatic hydroxyl groups is 1. The number of phenols is 1. The van der Waals surface area contributed by atoms with Crippen LogP contribution in [-0.4, -0.2) is 26.7 Å². The molecule has 1 aliphatic heterocycles. The van der Waals surface area contributed by atoms with Gasteiger partial charge < -0.3 is 15.4 Å². The van der Waals surface area contributed by atoms with Crippen LogP contribution in [0.3, 0.4) is 0 Å². The van der Waals surface area contributed by atoms with Gasteiger partial charge >= 0.3 is 0 Å². The third-order valence-corrected chi connectivity index (χ3v) is 4.41. The van der Waals surface area contributed by atoms with Crippen molar-refractivity contribution in [3.05, 3.63) is 58.4 Å². The molecule has 6 nitrogen and oxygen atoms in total. The van der Waals surface area contributed by atoms with Crippen molar-refractivity contribution >= 4 is 23.5 Å². The summed E-state index contributed by atoms with van der Waals surface area (Å²) < 4.78 is 0. The lowest BCUT2D eigenvalue weighted by molar-refractivity contribution is -0.116. The number of carbonyl (C=O) groups excluding carboxylic acids is 1. The first-order valence-corrected chi connectivity index (χ1v) is 8.03. The minimum Gasteiger partial charge on any atom is -0.508 e. The molecule has 1 aromatic heterocycles. The van der Waals surface area contributed by atoms with Gasteiger partial charge in [0.2, 0.25) is 5.91 Å². The average molecular weight is 329 g/mol. The van der Waals surface area contributed by atoms with E-state index in [-0.39, 0.29) is 29.5 Å². The number of H-pyrrole nitrogens is 1. The van der Waals surface area contributed by atoms with Crippen LogP contribution in [0.1, 0.15) is 23.5 Å². The molecule has 0 saturated carbocycles. The molecule has 118 valence electrons. The Morgan fingerprint density at radius 2 is 2.26 bits per heavy atom. The molecular formula is C16H15N3O3S. The third kappa shape index (κ3) is 3.14. The van der Waals surface area contributed by atoms with Crippen molar-refractivity contribution in [3.63, 3.8) is 0 Å². The molecule has 0 radical (unpaired) electrons. The molecule has 1 unspecified atom stereocenters. The summed E-state index contributed by atoms with van der Waals surface area (Å²) in [7, 11) is 0. The molecule has 2 aromatic rings. The molecule has 0 saturated heterocycles. The first-order chi connectivity index (χ1) is 11.1. The van der Waals surface area contributed by atoms with Gasteiger partial charge in [-0.05, 0) is 17.7 Å². The molecule has 1 aliphatic rings. The average Bonchev–Trinajstić information content (AvgIpc) is 2.51. The van der Waals surface area contributed by atoms with Gasteiger partial charge in [0.05, 0.1) is 5.56 Å². The Bertz CT molecular complexity index is 832. The van der Waals surface area contributed by atoms with E-state index >= 15 is 0 Å². The predicted octanol–water partition coefficient (Wildman–Crippen LogP) is 2.23. The van der Waals surface area contributed by atoms with Crippen LogP contribution in [-0.2, 0) is 4.79 Å². The predicted molar refractivity (Wildman–Crippen MR) is 89.0 cm³/mol. The van der Waals surface area contributed by atoms with Crippen molar-refractivity contribution in [1.29, 1.82) is 0 Å². The summed E-state index contributed by atoms with van der Waals surface area (Å²) in [6.07, 6.45) is 1.85. The fraction of sp³-hybridized carbons (Fsp3) is 0.188. The highest BCUT2D eigenvalue weighted by Crippen LogP contribution is 2.35. The van der Waals surface area contributed by atoms with Gasteiger partial charge in [-0.2, -0.15) is 0 Å². The summed E-state index contributed by atoms with van der Waals surface area (Å²) in [5.74, 6) is 0.345. The normalized spacial score (nSPS) is 16.5. The van der Waals surface area contributed by atoms with Gasteiger partial charge in [0.25, 0.3) is 5.56 Å². The minimum atomic E-state index is -0.430. The zero-order valence-electron chi connectivity index (χ0n) is 12.2. The van der Waals surface area contributed by atoms with E-state index < -0.39 is 5.92 Å². The lowest BCUT2D eigenvalue weighted by Gasteiger charge is -2.24. The summed E-state index contributed by atoms with van der Waals surface area (Å²) >= 11 is 1.33. The van der Waals surface area contributed by atoms with Crippen LogP contribution in [0.4, 0.5) is 5.82 Å². The number of fused-ring (bicyclic) bond motifs is 1. The zero-order chi connectivity index (χ0) is 16.4. The number of benzene rings is 1. The Morgan fingerprint density at radius 1 is 1.43 bits per heavy atom. The summed E-state index contributed by atoms with van der Waals surface area (Å²) in [5, 5.41) is 12.7. The van der Waals surface area contributed by atoms with E-state index in [1.807, 2.05) is 0 Å². The zero-order valence-corrected chi connectivity index (χ0v) is 13.0. The van der Waals surface area contributed by atoms with E-state index in [2.05, 4.69) is 21.9 Å². The number of rotatable bonds is 4. The standard InChI is InChI=1S/C16H15N3O3S/c1-2-6-23-16-18-14-13(15(22)19-16)11(8-12(21)17-14)9-4-3-5-10(20)7-9/h2-5,7,11,20H,1,6,8H2,(H2,17,18,19,21,22). The second kappa shape index (κ2) is 6.29. The van der Waals surface area contributed by atoms with Crippen molar-refractivity contribution in [2.75, 3.05) is 11.1 Å². The number of phenolic OH excluding ortho intramolecular Hbond substituents is 1. The van der Waals surface area contributed by atoms with E-state index in [0.29, 0.717) is 22.0 Å². The lowest BCUT2D eigenvalue weighted by Crippen LogP contribution is -2.31. The Hall–Kier alpha value is -2.54.